The lowest BCUT2D eigenvalue weighted by molar-refractivity contribution is -0.0132. The van der Waals surface area contributed by atoms with Crippen LogP contribution in [0.4, 0.5) is 0 Å². The van der Waals surface area contributed by atoms with E-state index in [9.17, 15) is 0 Å². The van der Waals surface area contributed by atoms with E-state index in [2.05, 4.69) is 17.1 Å². The van der Waals surface area contributed by atoms with Crippen LogP contribution in [0.15, 0.2) is 0 Å². The third kappa shape index (κ3) is 2.45. The molecule has 0 aromatic carbocycles. The smallest absolute Gasteiger partial charge is 0.0703 e. The van der Waals surface area contributed by atoms with Crippen molar-refractivity contribution in [1.29, 1.82) is 0 Å². The summed E-state index contributed by atoms with van der Waals surface area (Å²) in [4.78, 5) is 2.81. The molecule has 19 heavy (non-hydrogen) atoms. The molecule has 0 bridgehead atoms. The van der Waals surface area contributed by atoms with E-state index in [1.54, 1.807) is 0 Å². The molecule has 2 saturated heterocycles. The van der Waals surface area contributed by atoms with E-state index in [0.29, 0.717) is 11.6 Å². The zero-order chi connectivity index (χ0) is 12.9. The molecule has 3 heteroatoms. The van der Waals surface area contributed by atoms with Crippen LogP contribution >= 0.6 is 0 Å². The van der Waals surface area contributed by atoms with Gasteiger partial charge in [0.25, 0.3) is 0 Å². The molecule has 3 nitrogen and oxygen atoms in total. The van der Waals surface area contributed by atoms with Crippen LogP contribution in [0, 0.1) is 11.8 Å². The summed E-state index contributed by atoms with van der Waals surface area (Å²) >= 11 is 0. The van der Waals surface area contributed by atoms with E-state index in [1.165, 1.54) is 58.2 Å². The van der Waals surface area contributed by atoms with E-state index in [4.69, 9.17) is 4.74 Å². The van der Waals surface area contributed by atoms with Gasteiger partial charge in [-0.25, -0.2) is 0 Å². The van der Waals surface area contributed by atoms with Crippen LogP contribution in [0.2, 0.25) is 0 Å². The van der Waals surface area contributed by atoms with Crippen molar-refractivity contribution in [2.24, 2.45) is 11.8 Å². The largest absolute Gasteiger partial charge is 0.377 e. The van der Waals surface area contributed by atoms with Crippen molar-refractivity contribution in [3.05, 3.63) is 0 Å². The number of nitrogens with one attached hydrogen (secondary N) is 1. The van der Waals surface area contributed by atoms with Gasteiger partial charge in [0, 0.05) is 37.8 Å². The third-order valence-electron chi connectivity index (χ3n) is 5.96. The minimum Gasteiger partial charge on any atom is -0.377 e. The third-order valence-corrected chi connectivity index (χ3v) is 5.96. The van der Waals surface area contributed by atoms with E-state index in [0.717, 1.165) is 24.5 Å². The van der Waals surface area contributed by atoms with E-state index in [1.807, 2.05) is 0 Å². The second-order valence-corrected chi connectivity index (χ2v) is 7.50. The Hall–Kier alpha value is -0.120. The van der Waals surface area contributed by atoms with Gasteiger partial charge in [-0.3, -0.25) is 4.90 Å². The Bertz CT molecular complexity index is 332. The molecular weight excluding hydrogens is 236 g/mol. The molecule has 0 spiro atoms. The topological polar surface area (TPSA) is 24.5 Å². The maximum absolute atomic E-state index is 5.90. The predicted octanol–water partition coefficient (Wildman–Crippen LogP) is 2.02. The Kier molecular flexibility index (Phi) is 3.13. The number of hydrogen-bond donors (Lipinski definition) is 1. The number of nitrogens with zero attached hydrogens (tertiary/aromatic N) is 1. The Morgan fingerprint density at radius 3 is 2.68 bits per heavy atom. The van der Waals surface area contributed by atoms with Gasteiger partial charge in [0.1, 0.15) is 0 Å². The Morgan fingerprint density at radius 2 is 2.05 bits per heavy atom. The molecule has 108 valence electrons. The molecule has 3 atom stereocenters. The molecule has 0 aromatic heterocycles. The number of rotatable bonds is 4. The molecule has 4 aliphatic rings. The van der Waals surface area contributed by atoms with Gasteiger partial charge in [-0.15, -0.1) is 0 Å². The summed E-state index contributed by atoms with van der Waals surface area (Å²) in [6.07, 6.45) is 8.83. The lowest BCUT2D eigenvalue weighted by Gasteiger charge is -2.49. The fourth-order valence-corrected chi connectivity index (χ4v) is 4.20. The standard InChI is InChI=1S/C16H28N2O/c1-16(13-6-7-13)11-17-15(12-4-5-12)10-18(16)9-14-3-2-8-19-14/h12-15,17H,2-11H2,1H3. The Balaban J connectivity index is 1.46. The summed E-state index contributed by atoms with van der Waals surface area (Å²) in [5, 5.41) is 3.87. The first-order valence-electron chi connectivity index (χ1n) is 8.36. The average Bonchev–Trinajstić information content (AvgIpc) is 3.31. The quantitative estimate of drug-likeness (QED) is 0.841. The second kappa shape index (κ2) is 4.71. The molecule has 0 radical (unpaired) electrons. The van der Waals surface area contributed by atoms with Crippen molar-refractivity contribution < 1.29 is 4.74 Å². The van der Waals surface area contributed by atoms with E-state index < -0.39 is 0 Å². The summed E-state index contributed by atoms with van der Waals surface area (Å²) in [6, 6.07) is 0.758. The number of ether oxygens (including phenoxy) is 1. The first kappa shape index (κ1) is 12.6. The Morgan fingerprint density at radius 1 is 1.21 bits per heavy atom. The second-order valence-electron chi connectivity index (χ2n) is 7.50. The zero-order valence-corrected chi connectivity index (χ0v) is 12.2. The van der Waals surface area contributed by atoms with E-state index in [-0.39, 0.29) is 0 Å². The summed E-state index contributed by atoms with van der Waals surface area (Å²) in [7, 11) is 0. The molecule has 4 rings (SSSR count). The van der Waals surface area contributed by atoms with E-state index >= 15 is 0 Å². The molecular formula is C16H28N2O. The monoisotopic (exact) mass is 264 g/mol. The van der Waals surface area contributed by atoms with Crippen molar-refractivity contribution in [2.45, 2.75) is 63.1 Å². The summed E-state index contributed by atoms with van der Waals surface area (Å²) in [5.41, 5.74) is 0.400. The normalized spacial score (nSPS) is 44.7. The highest BCUT2D eigenvalue weighted by Gasteiger charge is 2.50. The number of piperazine rings is 1. The van der Waals surface area contributed by atoms with Gasteiger partial charge in [-0.05, 0) is 57.3 Å². The predicted molar refractivity (Wildman–Crippen MR) is 76.2 cm³/mol. The Labute approximate surface area is 117 Å². The molecule has 2 aliphatic heterocycles. The molecule has 4 fully saturated rings. The van der Waals surface area contributed by atoms with Gasteiger partial charge in [-0.2, -0.15) is 0 Å². The molecule has 2 heterocycles. The molecule has 0 amide bonds. The summed E-state index contributed by atoms with van der Waals surface area (Å²) in [6.45, 7) is 7.12. The fourth-order valence-electron chi connectivity index (χ4n) is 4.20. The van der Waals surface area contributed by atoms with Gasteiger partial charge >= 0.3 is 0 Å². The fraction of sp³-hybridized carbons (Fsp3) is 1.00. The molecule has 2 aliphatic carbocycles. The summed E-state index contributed by atoms with van der Waals surface area (Å²) in [5.74, 6) is 1.90. The van der Waals surface area contributed by atoms with Crippen molar-refractivity contribution in [3.8, 4) is 0 Å². The maximum Gasteiger partial charge on any atom is 0.0703 e. The summed E-state index contributed by atoms with van der Waals surface area (Å²) < 4.78 is 5.90. The SMILES string of the molecule is CC1(C2CC2)CNC(C2CC2)CN1CC1CCCO1. The van der Waals surface area contributed by atoms with Crippen LogP contribution in [-0.4, -0.2) is 48.8 Å². The van der Waals surface area contributed by atoms with Gasteiger partial charge in [-0.1, -0.05) is 0 Å². The van der Waals surface area contributed by atoms with Crippen LogP contribution in [0.1, 0.15) is 45.4 Å². The highest BCUT2D eigenvalue weighted by atomic mass is 16.5. The average molecular weight is 264 g/mol. The van der Waals surface area contributed by atoms with Crippen LogP contribution in [-0.2, 0) is 4.74 Å². The molecule has 2 saturated carbocycles. The van der Waals surface area contributed by atoms with Gasteiger partial charge < -0.3 is 10.1 Å². The lowest BCUT2D eigenvalue weighted by atomic mass is 9.88. The van der Waals surface area contributed by atoms with Crippen molar-refractivity contribution in [2.75, 3.05) is 26.2 Å². The zero-order valence-electron chi connectivity index (χ0n) is 12.2. The first-order chi connectivity index (χ1) is 9.25. The van der Waals surface area contributed by atoms with Crippen LogP contribution in [0.3, 0.4) is 0 Å². The lowest BCUT2D eigenvalue weighted by Crippen LogP contribution is -2.66. The molecule has 1 N–H and O–H groups in total. The maximum atomic E-state index is 5.90. The van der Waals surface area contributed by atoms with Crippen molar-refractivity contribution >= 4 is 0 Å². The van der Waals surface area contributed by atoms with Crippen molar-refractivity contribution in [3.63, 3.8) is 0 Å². The van der Waals surface area contributed by atoms with Gasteiger partial charge in [0.2, 0.25) is 0 Å². The minimum absolute atomic E-state index is 0.400. The van der Waals surface area contributed by atoms with Crippen LogP contribution in [0.5, 0.6) is 0 Å². The first-order valence-corrected chi connectivity index (χ1v) is 8.36. The van der Waals surface area contributed by atoms with Crippen molar-refractivity contribution in [1.82, 2.24) is 10.2 Å². The molecule has 3 unspecified atom stereocenters. The molecule has 0 aromatic rings. The highest BCUT2D eigenvalue weighted by Crippen LogP contribution is 2.46. The van der Waals surface area contributed by atoms with Crippen LogP contribution in [0.25, 0.3) is 0 Å². The number of hydrogen-bond acceptors (Lipinski definition) is 3. The van der Waals surface area contributed by atoms with Gasteiger partial charge in [0.15, 0.2) is 0 Å². The minimum atomic E-state index is 0.400. The highest BCUT2D eigenvalue weighted by molar-refractivity contribution is 5.07. The van der Waals surface area contributed by atoms with Crippen LogP contribution < -0.4 is 5.32 Å². The van der Waals surface area contributed by atoms with Gasteiger partial charge in [0.05, 0.1) is 6.10 Å².